The van der Waals surface area contributed by atoms with E-state index in [1.165, 1.54) is 19.9 Å². The predicted molar refractivity (Wildman–Crippen MR) is 49.6 cm³/mol. The lowest BCUT2D eigenvalue weighted by Gasteiger charge is -2.33. The number of hydrogen-bond donors (Lipinski definition) is 0. The van der Waals surface area contributed by atoms with Crippen LogP contribution in [0.5, 0.6) is 0 Å². The summed E-state index contributed by atoms with van der Waals surface area (Å²) in [5.74, 6) is -18.8. The smallest absolute Gasteiger partial charge is 0.200 e. The van der Waals surface area contributed by atoms with Gasteiger partial charge in [0.25, 0.3) is 0 Å². The van der Waals surface area contributed by atoms with Crippen LogP contribution in [-0.2, 0) is 0 Å². The van der Waals surface area contributed by atoms with Crippen molar-refractivity contribution in [1.82, 2.24) is 0 Å². The van der Waals surface area contributed by atoms with Gasteiger partial charge in [0.2, 0.25) is 0 Å². The molecule has 0 aliphatic rings. The molecule has 0 N–H and O–H groups in total. The molecule has 19 heavy (non-hydrogen) atoms. The number of rotatable bonds is 5. The average molecular weight is 302 g/mol. The second-order valence-corrected chi connectivity index (χ2v) is 3.99. The van der Waals surface area contributed by atoms with Crippen LogP contribution in [0.15, 0.2) is 11.6 Å². The summed E-state index contributed by atoms with van der Waals surface area (Å²) in [6.45, 7) is 2.64. The third-order valence-electron chi connectivity index (χ3n) is 2.54. The van der Waals surface area contributed by atoms with E-state index in [9.17, 15) is 39.5 Å². The van der Waals surface area contributed by atoms with Crippen molar-refractivity contribution in [3.05, 3.63) is 11.6 Å². The van der Waals surface area contributed by atoms with Crippen molar-refractivity contribution in [2.75, 3.05) is 0 Å². The minimum Gasteiger partial charge on any atom is -0.200 e. The molecule has 0 saturated heterocycles. The molecule has 9 heteroatoms. The van der Waals surface area contributed by atoms with E-state index in [4.69, 9.17) is 0 Å². The molecule has 0 aromatic heterocycles. The van der Waals surface area contributed by atoms with E-state index in [1.807, 2.05) is 0 Å². The summed E-state index contributed by atoms with van der Waals surface area (Å²) in [6, 6.07) is 0. The first-order valence-corrected chi connectivity index (χ1v) is 5.02. The minimum absolute atomic E-state index is 0.172. The highest BCUT2D eigenvalue weighted by molar-refractivity contribution is 5.03. The van der Waals surface area contributed by atoms with Crippen LogP contribution in [0.3, 0.4) is 0 Å². The van der Waals surface area contributed by atoms with Crippen LogP contribution in [0.1, 0.15) is 26.7 Å². The molecule has 114 valence electrons. The zero-order valence-electron chi connectivity index (χ0n) is 9.89. The molecule has 0 atom stereocenters. The van der Waals surface area contributed by atoms with Gasteiger partial charge >= 0.3 is 23.9 Å². The molecular formula is C10H11F9. The first kappa shape index (κ1) is 18.1. The zero-order chi connectivity index (χ0) is 15.7. The summed E-state index contributed by atoms with van der Waals surface area (Å²) >= 11 is 0. The van der Waals surface area contributed by atoms with Crippen LogP contribution in [0.25, 0.3) is 0 Å². The highest BCUT2D eigenvalue weighted by atomic mass is 19.4. The predicted octanol–water partition coefficient (Wildman–Crippen LogP) is 5.20. The fourth-order valence-corrected chi connectivity index (χ4v) is 1.06. The first-order chi connectivity index (χ1) is 8.20. The maximum Gasteiger partial charge on any atom is 0.460 e. The summed E-state index contributed by atoms with van der Waals surface area (Å²) in [5, 5.41) is 0. The number of hydrogen-bond acceptors (Lipinski definition) is 0. The van der Waals surface area contributed by atoms with Gasteiger partial charge in [0.05, 0.1) is 0 Å². The quantitative estimate of drug-likeness (QED) is 0.483. The molecule has 0 aliphatic carbocycles. The van der Waals surface area contributed by atoms with E-state index in [0.717, 1.165) is 0 Å². The molecule has 0 nitrogen and oxygen atoms in total. The molecule has 0 rings (SSSR count). The summed E-state index contributed by atoms with van der Waals surface area (Å²) < 4.78 is 112. The van der Waals surface area contributed by atoms with Gasteiger partial charge in [-0.25, -0.2) is 0 Å². The van der Waals surface area contributed by atoms with Gasteiger partial charge < -0.3 is 0 Å². The van der Waals surface area contributed by atoms with Crippen molar-refractivity contribution in [3.63, 3.8) is 0 Å². The van der Waals surface area contributed by atoms with E-state index >= 15 is 0 Å². The Kier molecular flexibility index (Phi) is 4.99. The molecule has 0 saturated carbocycles. The van der Waals surface area contributed by atoms with Crippen molar-refractivity contribution < 1.29 is 39.5 Å². The summed E-state index contributed by atoms with van der Waals surface area (Å²) in [5.41, 5.74) is 0.172. The van der Waals surface area contributed by atoms with Crippen molar-refractivity contribution in [2.45, 2.75) is 50.6 Å². The van der Waals surface area contributed by atoms with E-state index < -0.39 is 36.8 Å². The van der Waals surface area contributed by atoms with Gasteiger partial charge in [-0.2, -0.15) is 39.5 Å². The maximum atomic E-state index is 13.0. The molecule has 0 unspecified atom stereocenters. The molecule has 0 radical (unpaired) electrons. The standard InChI is InChI=1S/C10H11F9/c1-3-6(2)4-5-7(11,12)8(13,14)9(15,16)10(17,18)19/h3H,4-5H2,1-2H3. The number of halogens is 9. The Balaban J connectivity index is 5.28. The number of alkyl halides is 9. The molecule has 0 amide bonds. The maximum absolute atomic E-state index is 13.0. The minimum atomic E-state index is -6.80. The molecule has 0 aromatic carbocycles. The molecule has 0 aliphatic heterocycles. The highest BCUT2D eigenvalue weighted by Crippen LogP contribution is 2.54. The SMILES string of the molecule is CC=C(C)CCC(F)(F)C(F)(F)C(F)(F)C(F)(F)F. The topological polar surface area (TPSA) is 0 Å². The van der Waals surface area contributed by atoms with E-state index in [2.05, 4.69) is 0 Å². The lowest BCUT2D eigenvalue weighted by atomic mass is 9.97. The lowest BCUT2D eigenvalue weighted by molar-refractivity contribution is -0.396. The van der Waals surface area contributed by atoms with Crippen molar-refractivity contribution >= 4 is 0 Å². The summed E-state index contributed by atoms with van der Waals surface area (Å²) in [4.78, 5) is 0. The van der Waals surface area contributed by atoms with Crippen molar-refractivity contribution in [3.8, 4) is 0 Å². The molecule has 0 bridgehead atoms. The fourth-order valence-electron chi connectivity index (χ4n) is 1.06. The fraction of sp³-hybridized carbons (Fsp3) is 0.800. The van der Waals surface area contributed by atoms with Crippen LogP contribution in [0.2, 0.25) is 0 Å². The lowest BCUT2D eigenvalue weighted by Crippen LogP contribution is -2.60. The van der Waals surface area contributed by atoms with Gasteiger partial charge in [-0.1, -0.05) is 11.6 Å². The van der Waals surface area contributed by atoms with Gasteiger partial charge in [0, 0.05) is 6.42 Å². The van der Waals surface area contributed by atoms with Crippen LogP contribution < -0.4 is 0 Å². The van der Waals surface area contributed by atoms with Crippen molar-refractivity contribution in [2.24, 2.45) is 0 Å². The Bertz CT molecular complexity index is 337. The second-order valence-electron chi connectivity index (χ2n) is 3.99. The van der Waals surface area contributed by atoms with E-state index in [1.54, 1.807) is 0 Å². The summed E-state index contributed by atoms with van der Waals surface area (Å²) in [7, 11) is 0. The van der Waals surface area contributed by atoms with E-state index in [0.29, 0.717) is 0 Å². The Morgan fingerprint density at radius 3 is 1.58 bits per heavy atom. The van der Waals surface area contributed by atoms with Gasteiger partial charge in [0.15, 0.2) is 0 Å². The van der Waals surface area contributed by atoms with Gasteiger partial charge in [0.1, 0.15) is 0 Å². The third-order valence-corrected chi connectivity index (χ3v) is 2.54. The Hall–Kier alpha value is -0.890. The molecule has 0 spiro atoms. The third kappa shape index (κ3) is 3.36. The molecule has 0 aromatic rings. The van der Waals surface area contributed by atoms with Crippen LogP contribution in [0.4, 0.5) is 39.5 Å². The molecular weight excluding hydrogens is 291 g/mol. The molecule has 0 heterocycles. The van der Waals surface area contributed by atoms with Crippen LogP contribution in [-0.4, -0.2) is 23.9 Å². The average Bonchev–Trinajstić information content (AvgIpc) is 2.23. The first-order valence-electron chi connectivity index (χ1n) is 5.02. The Morgan fingerprint density at radius 1 is 0.842 bits per heavy atom. The van der Waals surface area contributed by atoms with Crippen LogP contribution in [0, 0.1) is 0 Å². The highest BCUT2D eigenvalue weighted by Gasteiger charge is 2.81. The van der Waals surface area contributed by atoms with Crippen LogP contribution >= 0.6 is 0 Å². The normalized spacial score (nSPS) is 15.8. The van der Waals surface area contributed by atoms with E-state index in [-0.39, 0.29) is 5.57 Å². The van der Waals surface area contributed by atoms with Gasteiger partial charge in [-0.15, -0.1) is 0 Å². The largest absolute Gasteiger partial charge is 0.460 e. The number of allylic oxidation sites excluding steroid dienone is 2. The monoisotopic (exact) mass is 302 g/mol. The molecule has 0 fully saturated rings. The van der Waals surface area contributed by atoms with Crippen molar-refractivity contribution in [1.29, 1.82) is 0 Å². The summed E-state index contributed by atoms with van der Waals surface area (Å²) in [6.07, 6.45) is -8.01. The zero-order valence-corrected chi connectivity index (χ0v) is 9.89. The second kappa shape index (κ2) is 5.24. The van der Waals surface area contributed by atoms with Gasteiger partial charge in [-0.05, 0) is 20.3 Å². The Labute approximate surface area is 103 Å². The Morgan fingerprint density at radius 2 is 1.26 bits per heavy atom. The van der Waals surface area contributed by atoms with Gasteiger partial charge in [-0.3, -0.25) is 0 Å².